The lowest BCUT2D eigenvalue weighted by atomic mass is 9.44. The summed E-state index contributed by atoms with van der Waals surface area (Å²) >= 11 is 0. The van der Waals surface area contributed by atoms with Crippen LogP contribution in [0.5, 0.6) is 0 Å². The van der Waals surface area contributed by atoms with E-state index < -0.39 is 0 Å². The number of allylic oxidation sites excluding steroid dienone is 3. The van der Waals surface area contributed by atoms with Crippen LogP contribution in [-0.2, 0) is 9.59 Å². The van der Waals surface area contributed by atoms with E-state index in [-0.39, 0.29) is 28.3 Å². The molecule has 4 rings (SSSR count). The van der Waals surface area contributed by atoms with Crippen LogP contribution in [0.25, 0.3) is 0 Å². The minimum absolute atomic E-state index is 0.0148. The third kappa shape index (κ3) is 1.47. The summed E-state index contributed by atoms with van der Waals surface area (Å²) in [7, 11) is 0. The average Bonchev–Trinajstić information content (AvgIpc) is 2.64. The molecule has 0 aliphatic heterocycles. The van der Waals surface area contributed by atoms with Gasteiger partial charge in [-0.25, -0.2) is 0 Å². The maximum absolute atomic E-state index is 13.0. The topological polar surface area (TPSA) is 34.1 Å². The highest BCUT2D eigenvalue weighted by atomic mass is 16.1. The maximum Gasteiger partial charge on any atom is 0.169 e. The summed E-state index contributed by atoms with van der Waals surface area (Å²) in [6, 6.07) is 0. The molecule has 0 amide bonds. The highest BCUT2D eigenvalue weighted by Crippen LogP contribution is 2.68. The molecule has 0 aromatic heterocycles. The minimum atomic E-state index is -0.381. The van der Waals surface area contributed by atoms with Gasteiger partial charge < -0.3 is 0 Å². The molecule has 0 N–H and O–H groups in total. The molecule has 0 saturated heterocycles. The number of Topliss-reactive ketones (excluding diaryl/α,β-unsaturated/α-hetero) is 1. The zero-order valence-electron chi connectivity index (χ0n) is 14.0. The molecule has 0 aromatic rings. The van der Waals surface area contributed by atoms with E-state index in [9.17, 15) is 9.59 Å². The van der Waals surface area contributed by atoms with Gasteiger partial charge in [-0.2, -0.15) is 0 Å². The van der Waals surface area contributed by atoms with Crippen molar-refractivity contribution >= 4 is 11.6 Å². The lowest BCUT2D eigenvalue weighted by molar-refractivity contribution is -0.126. The number of hydrogen-bond acceptors (Lipinski definition) is 2. The van der Waals surface area contributed by atoms with Crippen LogP contribution in [0.4, 0.5) is 0 Å². The van der Waals surface area contributed by atoms with E-state index in [2.05, 4.69) is 27.4 Å². The lowest BCUT2D eigenvalue weighted by Gasteiger charge is -2.59. The Morgan fingerprint density at radius 1 is 1.14 bits per heavy atom. The minimum Gasteiger partial charge on any atom is -0.294 e. The Morgan fingerprint density at radius 2 is 1.86 bits per heavy atom. The Morgan fingerprint density at radius 3 is 2.59 bits per heavy atom. The first-order valence-corrected chi connectivity index (χ1v) is 8.72. The normalized spacial score (nSPS) is 46.1. The van der Waals surface area contributed by atoms with Crippen molar-refractivity contribution in [3.63, 3.8) is 0 Å². The zero-order chi connectivity index (χ0) is 15.9. The summed E-state index contributed by atoms with van der Waals surface area (Å²) in [5.74, 6) is 0.661. The molecule has 22 heavy (non-hydrogen) atoms. The molecule has 0 unspecified atom stereocenters. The fraction of sp³-hybridized carbons (Fsp3) is 0.700. The Labute approximate surface area is 133 Å². The molecule has 2 nitrogen and oxygen atoms in total. The maximum atomic E-state index is 13.0. The second-order valence-corrected chi connectivity index (χ2v) is 9.00. The van der Waals surface area contributed by atoms with E-state index in [1.807, 2.05) is 6.08 Å². The molecule has 4 aliphatic carbocycles. The smallest absolute Gasteiger partial charge is 0.169 e. The number of ketones is 2. The molecular formula is C20H26O2. The molecule has 3 fully saturated rings. The number of rotatable bonds is 0. The number of carbonyl (C=O) groups excluding carboxylic acids is 2. The van der Waals surface area contributed by atoms with Gasteiger partial charge in [0.05, 0.1) is 11.3 Å². The van der Waals surface area contributed by atoms with Crippen molar-refractivity contribution in [1.29, 1.82) is 0 Å². The van der Waals surface area contributed by atoms with Crippen LogP contribution in [0.2, 0.25) is 0 Å². The molecule has 2 heteroatoms. The summed E-state index contributed by atoms with van der Waals surface area (Å²) in [5.41, 5.74) is 1.69. The summed E-state index contributed by atoms with van der Waals surface area (Å²) in [4.78, 5) is 25.5. The van der Waals surface area contributed by atoms with Crippen LogP contribution in [0.1, 0.15) is 59.3 Å². The molecule has 4 aliphatic rings. The van der Waals surface area contributed by atoms with E-state index in [1.54, 1.807) is 0 Å². The SMILES string of the molecule is C=C1C(=O)[C@@]23CC[C@@H]4C(C)(C)CCC[C@@]4(C)C2=CC(=O)[C@@H]1C3. The van der Waals surface area contributed by atoms with Crippen molar-refractivity contribution in [1.82, 2.24) is 0 Å². The van der Waals surface area contributed by atoms with E-state index in [0.29, 0.717) is 23.3 Å². The molecule has 2 bridgehead atoms. The Bertz CT molecular complexity index is 638. The van der Waals surface area contributed by atoms with Crippen molar-refractivity contribution in [2.75, 3.05) is 0 Å². The van der Waals surface area contributed by atoms with Gasteiger partial charge in [0.2, 0.25) is 0 Å². The summed E-state index contributed by atoms with van der Waals surface area (Å²) in [6.45, 7) is 11.0. The first-order chi connectivity index (χ1) is 10.2. The third-order valence-electron chi connectivity index (χ3n) is 7.55. The Kier molecular flexibility index (Phi) is 2.63. The first kappa shape index (κ1) is 14.4. The highest BCUT2D eigenvalue weighted by molar-refractivity contribution is 6.15. The quantitative estimate of drug-likeness (QED) is 0.626. The fourth-order valence-corrected chi connectivity index (χ4v) is 6.52. The first-order valence-electron chi connectivity index (χ1n) is 8.72. The summed E-state index contributed by atoms with van der Waals surface area (Å²) in [6.07, 6.45) is 8.18. The highest BCUT2D eigenvalue weighted by Gasteiger charge is 2.64. The predicted octanol–water partition coefficient (Wildman–Crippen LogP) is 4.25. The third-order valence-corrected chi connectivity index (χ3v) is 7.55. The van der Waals surface area contributed by atoms with E-state index in [4.69, 9.17) is 0 Å². The molecule has 4 atom stereocenters. The number of hydrogen-bond donors (Lipinski definition) is 0. The van der Waals surface area contributed by atoms with Crippen molar-refractivity contribution in [3.05, 3.63) is 23.8 Å². The van der Waals surface area contributed by atoms with E-state index >= 15 is 0 Å². The van der Waals surface area contributed by atoms with Crippen LogP contribution < -0.4 is 0 Å². The average molecular weight is 298 g/mol. The predicted molar refractivity (Wildman–Crippen MR) is 86.2 cm³/mol. The van der Waals surface area contributed by atoms with Crippen molar-refractivity contribution in [3.8, 4) is 0 Å². The van der Waals surface area contributed by atoms with Crippen LogP contribution >= 0.6 is 0 Å². The van der Waals surface area contributed by atoms with Gasteiger partial charge in [0.1, 0.15) is 0 Å². The molecule has 118 valence electrons. The van der Waals surface area contributed by atoms with Crippen LogP contribution in [0, 0.1) is 28.1 Å². The van der Waals surface area contributed by atoms with Crippen LogP contribution in [0.15, 0.2) is 23.8 Å². The summed E-state index contributed by atoms with van der Waals surface area (Å²) in [5, 5.41) is 0. The molecule has 1 spiro atoms. The lowest BCUT2D eigenvalue weighted by Crippen LogP contribution is -2.53. The van der Waals surface area contributed by atoms with Crippen LogP contribution in [0.3, 0.4) is 0 Å². The van der Waals surface area contributed by atoms with Crippen molar-refractivity contribution in [2.45, 2.75) is 59.3 Å². The van der Waals surface area contributed by atoms with Crippen molar-refractivity contribution in [2.24, 2.45) is 28.1 Å². The molecule has 0 aromatic carbocycles. The second kappa shape index (κ2) is 4.01. The van der Waals surface area contributed by atoms with Gasteiger partial charge in [0.25, 0.3) is 0 Å². The molecule has 3 saturated carbocycles. The van der Waals surface area contributed by atoms with Gasteiger partial charge in [0.15, 0.2) is 11.6 Å². The second-order valence-electron chi connectivity index (χ2n) is 9.00. The van der Waals surface area contributed by atoms with Gasteiger partial charge in [-0.15, -0.1) is 0 Å². The van der Waals surface area contributed by atoms with Crippen molar-refractivity contribution < 1.29 is 9.59 Å². The largest absolute Gasteiger partial charge is 0.294 e. The molecule has 0 heterocycles. The molecular weight excluding hydrogens is 272 g/mol. The standard InChI is InChI=1S/C20H26O2/c1-12-13-11-20(17(12)22)9-6-15-18(2,3)7-5-8-19(15,4)16(20)10-14(13)21/h10,13,15H,1,5-9,11H2,2-4H3/t13-,15-,19-,20-/m1/s1. The Balaban J connectivity index is 1.90. The van der Waals surface area contributed by atoms with Gasteiger partial charge >= 0.3 is 0 Å². The Hall–Kier alpha value is -1.18. The van der Waals surface area contributed by atoms with E-state index in [1.165, 1.54) is 18.4 Å². The van der Waals surface area contributed by atoms with Gasteiger partial charge in [0, 0.05) is 0 Å². The van der Waals surface area contributed by atoms with E-state index in [0.717, 1.165) is 19.3 Å². The zero-order valence-corrected chi connectivity index (χ0v) is 14.0. The summed E-state index contributed by atoms with van der Waals surface area (Å²) < 4.78 is 0. The van der Waals surface area contributed by atoms with Gasteiger partial charge in [-0.1, -0.05) is 33.8 Å². The number of fused-ring (bicyclic) bond motifs is 3. The van der Waals surface area contributed by atoms with Gasteiger partial charge in [-0.05, 0) is 66.1 Å². The monoisotopic (exact) mass is 298 g/mol. The molecule has 0 radical (unpaired) electrons. The van der Waals surface area contributed by atoms with Gasteiger partial charge in [-0.3, -0.25) is 9.59 Å². The fourth-order valence-electron chi connectivity index (χ4n) is 6.52. The van der Waals surface area contributed by atoms with Crippen LogP contribution in [-0.4, -0.2) is 11.6 Å². The number of carbonyl (C=O) groups is 2.